The van der Waals surface area contributed by atoms with E-state index in [4.69, 9.17) is 0 Å². The Balaban J connectivity index is 1.74. The first-order valence-corrected chi connectivity index (χ1v) is 7.21. The molecule has 1 aromatic carbocycles. The fourth-order valence-electron chi connectivity index (χ4n) is 2.15. The lowest BCUT2D eigenvalue weighted by atomic mass is 10.1. The van der Waals surface area contributed by atoms with Crippen LogP contribution in [0, 0.1) is 18.6 Å². The summed E-state index contributed by atoms with van der Waals surface area (Å²) in [5.41, 5.74) is 1.21. The van der Waals surface area contributed by atoms with E-state index in [0.29, 0.717) is 17.3 Å². The SMILES string of the molecule is Cc1cc(Nc2ncnc(NC(C)c3ccc(F)cc3F)n2)n[nH]1. The zero-order chi connectivity index (χ0) is 17.1. The Morgan fingerprint density at radius 2 is 1.92 bits per heavy atom. The molecule has 3 N–H and O–H groups in total. The maximum absolute atomic E-state index is 13.8. The molecule has 1 unspecified atom stereocenters. The minimum Gasteiger partial charge on any atom is -0.347 e. The quantitative estimate of drug-likeness (QED) is 0.665. The molecule has 9 heteroatoms. The Morgan fingerprint density at radius 1 is 1.12 bits per heavy atom. The third kappa shape index (κ3) is 3.62. The highest BCUT2D eigenvalue weighted by Crippen LogP contribution is 2.21. The molecule has 0 aliphatic carbocycles. The standard InChI is InChI=1S/C15H15F2N7/c1-8-5-13(24-23-8)21-15-19-7-18-14(22-15)20-9(2)11-4-3-10(16)6-12(11)17/h3-7,9H,1-2H3,(H3,18,19,20,21,22,23,24). The van der Waals surface area contributed by atoms with Crippen LogP contribution in [0.5, 0.6) is 0 Å². The van der Waals surface area contributed by atoms with Crippen molar-refractivity contribution in [2.45, 2.75) is 19.9 Å². The predicted molar refractivity (Wildman–Crippen MR) is 84.8 cm³/mol. The van der Waals surface area contributed by atoms with Gasteiger partial charge in [0.25, 0.3) is 0 Å². The molecular weight excluding hydrogens is 316 g/mol. The number of hydrogen-bond donors (Lipinski definition) is 3. The number of anilines is 3. The van der Waals surface area contributed by atoms with Crippen LogP contribution in [0.15, 0.2) is 30.6 Å². The van der Waals surface area contributed by atoms with E-state index in [2.05, 4.69) is 35.8 Å². The fourth-order valence-corrected chi connectivity index (χ4v) is 2.15. The summed E-state index contributed by atoms with van der Waals surface area (Å²) in [6.45, 7) is 3.60. The zero-order valence-electron chi connectivity index (χ0n) is 13.0. The molecule has 0 aliphatic heterocycles. The molecule has 0 bridgehead atoms. The maximum atomic E-state index is 13.8. The summed E-state index contributed by atoms with van der Waals surface area (Å²) in [7, 11) is 0. The summed E-state index contributed by atoms with van der Waals surface area (Å²) in [5.74, 6) is -0.122. The largest absolute Gasteiger partial charge is 0.347 e. The van der Waals surface area contributed by atoms with E-state index >= 15 is 0 Å². The molecule has 2 aromatic heterocycles. The second-order valence-corrected chi connectivity index (χ2v) is 5.23. The van der Waals surface area contributed by atoms with Crippen molar-refractivity contribution >= 4 is 17.7 Å². The number of aromatic amines is 1. The average Bonchev–Trinajstić information content (AvgIpc) is 2.92. The van der Waals surface area contributed by atoms with Crippen LogP contribution >= 0.6 is 0 Å². The number of nitrogens with zero attached hydrogens (tertiary/aromatic N) is 4. The minimum atomic E-state index is -0.630. The monoisotopic (exact) mass is 331 g/mol. The number of benzene rings is 1. The number of halogens is 2. The summed E-state index contributed by atoms with van der Waals surface area (Å²) in [6.07, 6.45) is 1.32. The van der Waals surface area contributed by atoms with Crippen LogP contribution in [0.3, 0.4) is 0 Å². The van der Waals surface area contributed by atoms with E-state index in [9.17, 15) is 8.78 Å². The van der Waals surface area contributed by atoms with Gasteiger partial charge in [0.2, 0.25) is 11.9 Å². The summed E-state index contributed by atoms with van der Waals surface area (Å²) < 4.78 is 26.8. The van der Waals surface area contributed by atoms with Crippen molar-refractivity contribution in [2.75, 3.05) is 10.6 Å². The van der Waals surface area contributed by atoms with Gasteiger partial charge in [-0.2, -0.15) is 10.1 Å². The summed E-state index contributed by atoms with van der Waals surface area (Å²) in [4.78, 5) is 12.2. The van der Waals surface area contributed by atoms with Gasteiger partial charge in [-0.25, -0.2) is 18.7 Å². The number of aromatic nitrogens is 5. The Morgan fingerprint density at radius 3 is 2.62 bits per heavy atom. The minimum absolute atomic E-state index is 0.260. The number of nitrogens with one attached hydrogen (secondary N) is 3. The molecule has 124 valence electrons. The first-order valence-electron chi connectivity index (χ1n) is 7.21. The van der Waals surface area contributed by atoms with Crippen molar-refractivity contribution in [1.82, 2.24) is 25.1 Å². The maximum Gasteiger partial charge on any atom is 0.233 e. The first-order chi connectivity index (χ1) is 11.5. The molecule has 0 saturated carbocycles. The van der Waals surface area contributed by atoms with Crippen molar-refractivity contribution in [3.05, 3.63) is 53.5 Å². The topological polar surface area (TPSA) is 91.4 Å². The molecule has 1 atom stereocenters. The van der Waals surface area contributed by atoms with E-state index in [1.807, 2.05) is 6.92 Å². The third-order valence-electron chi connectivity index (χ3n) is 3.29. The Kier molecular flexibility index (Phi) is 4.32. The van der Waals surface area contributed by atoms with Crippen molar-refractivity contribution in [3.63, 3.8) is 0 Å². The molecule has 0 aliphatic rings. The molecule has 3 rings (SSSR count). The summed E-state index contributed by atoms with van der Waals surface area (Å²) in [5, 5.41) is 12.7. The van der Waals surface area contributed by atoms with Crippen LogP contribution in [-0.4, -0.2) is 25.1 Å². The summed E-state index contributed by atoms with van der Waals surface area (Å²) in [6, 6.07) is 4.78. The Hall–Kier alpha value is -3.10. The highest BCUT2D eigenvalue weighted by molar-refractivity contribution is 5.49. The van der Waals surface area contributed by atoms with Gasteiger partial charge in [0.1, 0.15) is 18.0 Å². The van der Waals surface area contributed by atoms with Crippen LogP contribution in [0.2, 0.25) is 0 Å². The first kappa shape index (κ1) is 15.8. The molecule has 0 radical (unpaired) electrons. The highest BCUT2D eigenvalue weighted by atomic mass is 19.1. The molecule has 3 aromatic rings. The van der Waals surface area contributed by atoms with Gasteiger partial charge in [0.05, 0.1) is 6.04 Å². The van der Waals surface area contributed by atoms with Gasteiger partial charge < -0.3 is 10.6 Å². The molecule has 2 heterocycles. The number of H-pyrrole nitrogens is 1. The number of aryl methyl sites for hydroxylation is 1. The second kappa shape index (κ2) is 6.57. The van der Waals surface area contributed by atoms with Gasteiger partial charge in [0, 0.05) is 23.4 Å². The molecule has 0 spiro atoms. The molecule has 7 nitrogen and oxygen atoms in total. The number of hydrogen-bond acceptors (Lipinski definition) is 6. The normalized spacial score (nSPS) is 12.0. The van der Waals surface area contributed by atoms with Crippen molar-refractivity contribution in [1.29, 1.82) is 0 Å². The lowest BCUT2D eigenvalue weighted by molar-refractivity contribution is 0.566. The highest BCUT2D eigenvalue weighted by Gasteiger charge is 2.13. The lowest BCUT2D eigenvalue weighted by Gasteiger charge is -2.15. The van der Waals surface area contributed by atoms with E-state index in [-0.39, 0.29) is 5.95 Å². The van der Waals surface area contributed by atoms with Gasteiger partial charge in [-0.05, 0) is 19.9 Å². The lowest BCUT2D eigenvalue weighted by Crippen LogP contribution is -2.12. The van der Waals surface area contributed by atoms with Gasteiger partial charge in [-0.1, -0.05) is 6.07 Å². The van der Waals surface area contributed by atoms with Crippen LogP contribution in [0.1, 0.15) is 24.2 Å². The van der Waals surface area contributed by atoms with E-state index in [1.165, 1.54) is 18.5 Å². The molecular formula is C15H15F2N7. The van der Waals surface area contributed by atoms with E-state index < -0.39 is 17.7 Å². The molecule has 0 amide bonds. The Bertz CT molecular complexity index is 849. The number of rotatable bonds is 5. The molecule has 0 fully saturated rings. The van der Waals surface area contributed by atoms with E-state index in [1.54, 1.807) is 13.0 Å². The Labute approximate surface area is 136 Å². The van der Waals surface area contributed by atoms with Crippen LogP contribution in [-0.2, 0) is 0 Å². The smallest absolute Gasteiger partial charge is 0.233 e. The van der Waals surface area contributed by atoms with Gasteiger partial charge in [-0.15, -0.1) is 0 Å². The van der Waals surface area contributed by atoms with Crippen molar-refractivity contribution in [2.24, 2.45) is 0 Å². The van der Waals surface area contributed by atoms with E-state index in [0.717, 1.165) is 11.8 Å². The zero-order valence-corrected chi connectivity index (χ0v) is 13.0. The average molecular weight is 331 g/mol. The molecule has 24 heavy (non-hydrogen) atoms. The summed E-state index contributed by atoms with van der Waals surface area (Å²) >= 11 is 0. The van der Waals surface area contributed by atoms with Crippen molar-refractivity contribution < 1.29 is 8.78 Å². The van der Waals surface area contributed by atoms with Gasteiger partial charge in [0.15, 0.2) is 5.82 Å². The predicted octanol–water partition coefficient (Wildman–Crippen LogP) is 3.10. The van der Waals surface area contributed by atoms with Gasteiger partial charge in [-0.3, -0.25) is 5.10 Å². The van der Waals surface area contributed by atoms with Crippen LogP contribution in [0.4, 0.5) is 26.5 Å². The van der Waals surface area contributed by atoms with Crippen LogP contribution < -0.4 is 10.6 Å². The van der Waals surface area contributed by atoms with Gasteiger partial charge >= 0.3 is 0 Å². The third-order valence-corrected chi connectivity index (χ3v) is 3.29. The molecule has 0 saturated heterocycles. The van der Waals surface area contributed by atoms with Crippen LogP contribution in [0.25, 0.3) is 0 Å². The second-order valence-electron chi connectivity index (χ2n) is 5.23. The van der Waals surface area contributed by atoms with Crippen molar-refractivity contribution in [3.8, 4) is 0 Å². The fraction of sp³-hybridized carbons (Fsp3) is 0.200.